The van der Waals surface area contributed by atoms with E-state index in [0.717, 1.165) is 5.56 Å². The van der Waals surface area contributed by atoms with E-state index in [1.54, 1.807) is 26.0 Å². The van der Waals surface area contributed by atoms with Gasteiger partial charge in [-0.05, 0) is 37.1 Å². The van der Waals surface area contributed by atoms with Gasteiger partial charge in [0.15, 0.2) is 6.29 Å². The minimum Gasteiger partial charge on any atom is -0.466 e. The minimum atomic E-state index is -0.336. The quantitative estimate of drug-likeness (QED) is 0.585. The second-order valence-corrected chi connectivity index (χ2v) is 3.58. The van der Waals surface area contributed by atoms with Crippen molar-refractivity contribution < 1.29 is 14.3 Å². The zero-order chi connectivity index (χ0) is 12.8. The molecule has 1 aromatic rings. The average Bonchev–Trinajstić information content (AvgIpc) is 2.31. The fourth-order valence-corrected chi connectivity index (χ4v) is 1.52. The Morgan fingerprint density at radius 3 is 2.76 bits per heavy atom. The number of ether oxygens (including phenoxy) is 1. The average molecular weight is 231 g/mol. The van der Waals surface area contributed by atoms with Crippen LogP contribution in [0, 0.1) is 18.3 Å². The lowest BCUT2D eigenvalue weighted by molar-refractivity contribution is -0.142. The van der Waals surface area contributed by atoms with Gasteiger partial charge >= 0.3 is 5.97 Å². The Bertz CT molecular complexity index is 486. The second-order valence-electron chi connectivity index (χ2n) is 3.58. The molecule has 0 spiro atoms. The molecular weight excluding hydrogens is 218 g/mol. The summed E-state index contributed by atoms with van der Waals surface area (Å²) >= 11 is 0. The SMILES string of the molecule is CCOC(=O)Cc1cc(C=O)c(C#N)cc1C. The monoisotopic (exact) mass is 231 g/mol. The number of hydrogen-bond donors (Lipinski definition) is 0. The van der Waals surface area contributed by atoms with E-state index in [-0.39, 0.29) is 12.4 Å². The highest BCUT2D eigenvalue weighted by Gasteiger charge is 2.10. The van der Waals surface area contributed by atoms with Gasteiger partial charge in [-0.25, -0.2) is 0 Å². The Morgan fingerprint density at radius 1 is 1.53 bits per heavy atom. The van der Waals surface area contributed by atoms with E-state index in [0.29, 0.717) is 29.6 Å². The first-order valence-corrected chi connectivity index (χ1v) is 5.26. The molecule has 0 aliphatic carbocycles. The summed E-state index contributed by atoms with van der Waals surface area (Å²) in [5.74, 6) is -0.336. The second kappa shape index (κ2) is 5.80. The van der Waals surface area contributed by atoms with E-state index in [1.807, 2.05) is 6.07 Å². The van der Waals surface area contributed by atoms with Crippen LogP contribution in [0.5, 0.6) is 0 Å². The van der Waals surface area contributed by atoms with Gasteiger partial charge in [-0.2, -0.15) is 5.26 Å². The summed E-state index contributed by atoms with van der Waals surface area (Å²) in [5.41, 5.74) is 2.15. The molecule has 0 aliphatic rings. The molecule has 1 aromatic carbocycles. The maximum absolute atomic E-state index is 11.3. The highest BCUT2D eigenvalue weighted by Crippen LogP contribution is 2.16. The highest BCUT2D eigenvalue weighted by atomic mass is 16.5. The summed E-state index contributed by atoms with van der Waals surface area (Å²) < 4.78 is 4.84. The van der Waals surface area contributed by atoms with Crippen LogP contribution in [-0.4, -0.2) is 18.9 Å². The van der Waals surface area contributed by atoms with Gasteiger partial charge in [0, 0.05) is 5.56 Å². The van der Waals surface area contributed by atoms with Crippen molar-refractivity contribution in [3.8, 4) is 6.07 Å². The Labute approximate surface area is 99.8 Å². The largest absolute Gasteiger partial charge is 0.466 e. The minimum absolute atomic E-state index is 0.117. The van der Waals surface area contributed by atoms with Crippen molar-refractivity contribution in [1.29, 1.82) is 5.26 Å². The van der Waals surface area contributed by atoms with E-state index >= 15 is 0 Å². The van der Waals surface area contributed by atoms with Crippen LogP contribution in [0.1, 0.15) is 34.0 Å². The van der Waals surface area contributed by atoms with Crippen molar-refractivity contribution in [3.63, 3.8) is 0 Å². The summed E-state index contributed by atoms with van der Waals surface area (Å²) in [6.07, 6.45) is 0.735. The number of esters is 1. The van der Waals surface area contributed by atoms with Gasteiger partial charge in [-0.15, -0.1) is 0 Å². The molecule has 0 unspecified atom stereocenters. The van der Waals surface area contributed by atoms with Gasteiger partial charge in [-0.1, -0.05) is 0 Å². The third-order valence-corrected chi connectivity index (χ3v) is 2.40. The molecule has 4 nitrogen and oxygen atoms in total. The van der Waals surface area contributed by atoms with Crippen molar-refractivity contribution >= 4 is 12.3 Å². The molecule has 0 bridgehead atoms. The molecule has 0 heterocycles. The molecule has 17 heavy (non-hydrogen) atoms. The van der Waals surface area contributed by atoms with Gasteiger partial charge in [0.1, 0.15) is 0 Å². The lowest BCUT2D eigenvalue weighted by Gasteiger charge is -2.07. The first kappa shape index (κ1) is 12.9. The smallest absolute Gasteiger partial charge is 0.310 e. The fraction of sp³-hybridized carbons (Fsp3) is 0.308. The highest BCUT2D eigenvalue weighted by molar-refractivity contribution is 5.81. The molecular formula is C13H13NO3. The fourth-order valence-electron chi connectivity index (χ4n) is 1.52. The van der Waals surface area contributed by atoms with Crippen LogP contribution in [0.4, 0.5) is 0 Å². The normalized spacial score (nSPS) is 9.47. The van der Waals surface area contributed by atoms with Gasteiger partial charge < -0.3 is 4.74 Å². The molecule has 0 atom stereocenters. The molecule has 0 fully saturated rings. The standard InChI is InChI=1S/C13H13NO3/c1-3-17-13(16)6-10-5-12(8-15)11(7-14)4-9(10)2/h4-5,8H,3,6H2,1-2H3. The van der Waals surface area contributed by atoms with Gasteiger partial charge in [-0.3, -0.25) is 9.59 Å². The van der Waals surface area contributed by atoms with E-state index < -0.39 is 0 Å². The Kier molecular flexibility index (Phi) is 4.41. The van der Waals surface area contributed by atoms with E-state index in [1.165, 1.54) is 0 Å². The number of aryl methyl sites for hydroxylation is 1. The van der Waals surface area contributed by atoms with Gasteiger partial charge in [0.05, 0.1) is 24.7 Å². The summed E-state index contributed by atoms with van der Waals surface area (Å²) in [4.78, 5) is 22.1. The van der Waals surface area contributed by atoms with Crippen molar-refractivity contribution in [2.24, 2.45) is 0 Å². The number of nitriles is 1. The maximum Gasteiger partial charge on any atom is 0.310 e. The Hall–Kier alpha value is -2.15. The zero-order valence-electron chi connectivity index (χ0n) is 9.82. The van der Waals surface area contributed by atoms with Crippen LogP contribution in [0.25, 0.3) is 0 Å². The number of aldehydes is 1. The molecule has 0 N–H and O–H groups in total. The third kappa shape index (κ3) is 3.15. The summed E-state index contributed by atoms with van der Waals surface area (Å²) in [6.45, 7) is 3.86. The predicted octanol–water partition coefficient (Wildman–Crippen LogP) is 1.78. The third-order valence-electron chi connectivity index (χ3n) is 2.40. The van der Waals surface area contributed by atoms with Crippen LogP contribution in [0.3, 0.4) is 0 Å². The lowest BCUT2D eigenvalue weighted by Crippen LogP contribution is -2.09. The number of benzene rings is 1. The van der Waals surface area contributed by atoms with Crippen LogP contribution in [0.2, 0.25) is 0 Å². The number of hydrogen-bond acceptors (Lipinski definition) is 4. The predicted molar refractivity (Wildman–Crippen MR) is 61.6 cm³/mol. The molecule has 0 saturated heterocycles. The van der Waals surface area contributed by atoms with Gasteiger partial charge in [0.25, 0.3) is 0 Å². The zero-order valence-corrected chi connectivity index (χ0v) is 9.82. The molecule has 0 radical (unpaired) electrons. The van der Waals surface area contributed by atoms with Crippen molar-refractivity contribution in [3.05, 3.63) is 34.4 Å². The first-order chi connectivity index (χ1) is 8.12. The van der Waals surface area contributed by atoms with Crippen molar-refractivity contribution in [2.75, 3.05) is 6.61 Å². The van der Waals surface area contributed by atoms with Crippen LogP contribution in [0.15, 0.2) is 12.1 Å². The van der Waals surface area contributed by atoms with Crippen molar-refractivity contribution in [1.82, 2.24) is 0 Å². The molecule has 88 valence electrons. The van der Waals surface area contributed by atoms with E-state index in [2.05, 4.69) is 0 Å². The number of carbonyl (C=O) groups excluding carboxylic acids is 2. The van der Waals surface area contributed by atoms with Crippen LogP contribution >= 0.6 is 0 Å². The van der Waals surface area contributed by atoms with Gasteiger partial charge in [0.2, 0.25) is 0 Å². The molecule has 0 saturated carbocycles. The first-order valence-electron chi connectivity index (χ1n) is 5.26. The van der Waals surface area contributed by atoms with Crippen LogP contribution in [-0.2, 0) is 16.0 Å². The van der Waals surface area contributed by atoms with Crippen LogP contribution < -0.4 is 0 Å². The number of nitrogens with zero attached hydrogens (tertiary/aromatic N) is 1. The lowest BCUT2D eigenvalue weighted by atomic mass is 9.98. The molecule has 0 aromatic heterocycles. The number of carbonyl (C=O) groups is 2. The topological polar surface area (TPSA) is 67.2 Å². The molecule has 1 rings (SSSR count). The van der Waals surface area contributed by atoms with E-state index in [9.17, 15) is 9.59 Å². The molecule has 0 aliphatic heterocycles. The summed E-state index contributed by atoms with van der Waals surface area (Å²) in [7, 11) is 0. The van der Waals surface area contributed by atoms with Crippen molar-refractivity contribution in [2.45, 2.75) is 20.3 Å². The maximum atomic E-state index is 11.3. The number of rotatable bonds is 4. The molecule has 0 amide bonds. The Balaban J connectivity index is 3.05. The summed E-state index contributed by atoms with van der Waals surface area (Å²) in [6, 6.07) is 5.12. The Morgan fingerprint density at radius 2 is 2.24 bits per heavy atom. The summed E-state index contributed by atoms with van der Waals surface area (Å²) in [5, 5.41) is 8.83. The van der Waals surface area contributed by atoms with E-state index in [4.69, 9.17) is 10.00 Å². The molecule has 4 heteroatoms.